The zero-order valence-corrected chi connectivity index (χ0v) is 13.4. The number of hydrogen-bond acceptors (Lipinski definition) is 5. The van der Waals surface area contributed by atoms with Crippen LogP contribution in [0.5, 0.6) is 0 Å². The molecule has 1 aliphatic heterocycles. The van der Waals surface area contributed by atoms with Gasteiger partial charge in [-0.05, 0) is 25.2 Å². The molecule has 0 saturated carbocycles. The molecule has 1 fully saturated rings. The van der Waals surface area contributed by atoms with E-state index in [1.165, 1.54) is 16.4 Å². The van der Waals surface area contributed by atoms with Crippen molar-refractivity contribution in [1.82, 2.24) is 9.21 Å². The number of benzene rings is 1. The minimum Gasteiger partial charge on any atom is -0.545 e. The zero-order valence-electron chi connectivity index (χ0n) is 11.9. The molecule has 1 aromatic carbocycles. The molecule has 9 heteroatoms. The third kappa shape index (κ3) is 4.00. The molecular weight excluding hydrogens is 311 g/mol. The van der Waals surface area contributed by atoms with Crippen molar-refractivity contribution in [3.8, 4) is 0 Å². The Morgan fingerprint density at radius 3 is 2.33 bits per heavy atom. The van der Waals surface area contributed by atoms with Crippen molar-refractivity contribution in [3.05, 3.63) is 28.8 Å². The summed E-state index contributed by atoms with van der Waals surface area (Å²) in [5, 5.41) is 10.9. The number of aromatic carboxylic acids is 1. The Kier molecular flexibility index (Phi) is 6.29. The van der Waals surface area contributed by atoms with Crippen LogP contribution in [0, 0.1) is 0 Å². The number of halogens is 1. The van der Waals surface area contributed by atoms with Gasteiger partial charge in [-0.25, -0.2) is 8.42 Å². The number of carbonyl (C=O) groups is 1. The summed E-state index contributed by atoms with van der Waals surface area (Å²) >= 11 is 5.71. The van der Waals surface area contributed by atoms with E-state index in [0.29, 0.717) is 26.2 Å². The minimum atomic E-state index is -3.70. The van der Waals surface area contributed by atoms with Gasteiger partial charge in [-0.1, -0.05) is 11.6 Å². The molecule has 2 rings (SSSR count). The van der Waals surface area contributed by atoms with E-state index >= 15 is 0 Å². The average molecular weight is 325 g/mol. The molecule has 0 aliphatic carbocycles. The monoisotopic (exact) mass is 324 g/mol. The maximum absolute atomic E-state index is 12.4. The molecule has 0 unspecified atom stereocenters. The van der Waals surface area contributed by atoms with E-state index in [-0.39, 0.29) is 34.3 Å². The molecule has 0 N–H and O–H groups in total. The summed E-state index contributed by atoms with van der Waals surface area (Å²) in [5.74, 6) is -1.49. The van der Waals surface area contributed by atoms with Crippen molar-refractivity contribution in [2.75, 3.05) is 33.2 Å². The predicted octanol–water partition coefficient (Wildman–Crippen LogP) is -3.36. The van der Waals surface area contributed by atoms with Gasteiger partial charge in [0.25, 0.3) is 0 Å². The van der Waals surface area contributed by atoms with E-state index in [2.05, 4.69) is 0 Å². The Bertz CT molecular complexity index is 630. The second-order valence-electron chi connectivity index (χ2n) is 4.64. The smallest absolute Gasteiger partial charge is 0.545 e. The number of carbonyl (C=O) groups excluding carboxylic acids is 1. The molecule has 1 aromatic rings. The third-order valence-electron chi connectivity index (χ3n) is 3.26. The molecule has 0 spiro atoms. The van der Waals surface area contributed by atoms with Crippen LogP contribution in [0.25, 0.3) is 0 Å². The van der Waals surface area contributed by atoms with Crippen molar-refractivity contribution in [2.24, 2.45) is 0 Å². The standard InChI is InChI=1S/C12H15ClN2O4S.Li/c1-14-4-6-15(7-5-14)20(18,19)9-2-3-11(13)10(8-9)12(16)17;/h2-3,8H,4-7H2,1H3,(H,16,17);/q;+1/p-1. The molecule has 0 radical (unpaired) electrons. The van der Waals surface area contributed by atoms with Crippen molar-refractivity contribution in [2.45, 2.75) is 4.90 Å². The zero-order chi connectivity index (χ0) is 14.9. The van der Waals surface area contributed by atoms with Crippen LogP contribution in [0.2, 0.25) is 5.02 Å². The van der Waals surface area contributed by atoms with Crippen LogP contribution in [0.4, 0.5) is 0 Å². The van der Waals surface area contributed by atoms with Crippen LogP contribution in [0.1, 0.15) is 10.4 Å². The van der Waals surface area contributed by atoms with E-state index in [9.17, 15) is 18.3 Å². The van der Waals surface area contributed by atoms with Crippen LogP contribution >= 0.6 is 11.6 Å². The number of sulfonamides is 1. The molecule has 0 atom stereocenters. The van der Waals surface area contributed by atoms with Crippen molar-refractivity contribution >= 4 is 27.6 Å². The molecule has 110 valence electrons. The predicted molar refractivity (Wildman–Crippen MR) is 72.0 cm³/mol. The van der Waals surface area contributed by atoms with Crippen LogP contribution in [0.3, 0.4) is 0 Å². The summed E-state index contributed by atoms with van der Waals surface area (Å²) in [6.07, 6.45) is 0. The van der Waals surface area contributed by atoms with Crippen molar-refractivity contribution < 1.29 is 37.2 Å². The van der Waals surface area contributed by atoms with Crippen molar-refractivity contribution in [3.63, 3.8) is 0 Å². The van der Waals surface area contributed by atoms with Gasteiger partial charge in [0.2, 0.25) is 10.0 Å². The summed E-state index contributed by atoms with van der Waals surface area (Å²) in [5.41, 5.74) is -0.318. The fourth-order valence-electron chi connectivity index (χ4n) is 2.00. The molecule has 6 nitrogen and oxygen atoms in total. The van der Waals surface area contributed by atoms with E-state index in [4.69, 9.17) is 11.6 Å². The van der Waals surface area contributed by atoms with Crippen LogP contribution in [-0.2, 0) is 10.0 Å². The first-order valence-electron chi connectivity index (χ1n) is 6.02. The molecule has 21 heavy (non-hydrogen) atoms. The van der Waals surface area contributed by atoms with Gasteiger partial charge in [0.05, 0.1) is 10.9 Å². The minimum absolute atomic E-state index is 0. The molecule has 1 saturated heterocycles. The van der Waals surface area contributed by atoms with Gasteiger partial charge < -0.3 is 14.8 Å². The number of likely N-dealkylation sites (N-methyl/N-ethyl adjacent to an activating group) is 1. The summed E-state index contributed by atoms with van der Waals surface area (Å²) in [6, 6.07) is 3.61. The molecule has 1 heterocycles. The van der Waals surface area contributed by atoms with E-state index in [0.717, 1.165) is 6.07 Å². The number of nitrogens with zero attached hydrogens (tertiary/aromatic N) is 2. The fraction of sp³-hybridized carbons (Fsp3) is 0.417. The Labute approximate surface area is 140 Å². The van der Waals surface area contributed by atoms with Gasteiger partial charge in [-0.2, -0.15) is 4.31 Å². The quantitative estimate of drug-likeness (QED) is 0.543. The summed E-state index contributed by atoms with van der Waals surface area (Å²) in [4.78, 5) is 12.9. The third-order valence-corrected chi connectivity index (χ3v) is 5.48. The Morgan fingerprint density at radius 1 is 1.24 bits per heavy atom. The molecule has 0 bridgehead atoms. The first kappa shape index (κ1) is 18.5. The maximum Gasteiger partial charge on any atom is 1.00 e. The average Bonchev–Trinajstić information content (AvgIpc) is 2.39. The van der Waals surface area contributed by atoms with Gasteiger partial charge in [-0.3, -0.25) is 0 Å². The molecule has 1 aliphatic rings. The summed E-state index contributed by atoms with van der Waals surface area (Å²) in [6.45, 7) is 2.03. The fourth-order valence-corrected chi connectivity index (χ4v) is 3.64. The normalized spacial score (nSPS) is 17.2. The van der Waals surface area contributed by atoms with Crippen LogP contribution in [0.15, 0.2) is 23.1 Å². The van der Waals surface area contributed by atoms with E-state index in [1.54, 1.807) is 0 Å². The van der Waals surface area contributed by atoms with Gasteiger partial charge in [0.1, 0.15) is 0 Å². The molecular formula is C12H14ClLiN2O4S. The topological polar surface area (TPSA) is 80.8 Å². The Hall–Kier alpha value is -0.553. The Morgan fingerprint density at radius 2 is 1.81 bits per heavy atom. The van der Waals surface area contributed by atoms with Gasteiger partial charge in [0, 0.05) is 36.8 Å². The molecule has 0 amide bonds. The number of piperazine rings is 1. The van der Waals surface area contributed by atoms with Crippen LogP contribution in [-0.4, -0.2) is 56.8 Å². The number of carboxylic acids is 1. The second kappa shape index (κ2) is 7.14. The van der Waals surface area contributed by atoms with Crippen molar-refractivity contribution in [1.29, 1.82) is 0 Å². The van der Waals surface area contributed by atoms with Gasteiger partial charge >= 0.3 is 18.9 Å². The Balaban J connectivity index is 0.00000220. The molecule has 0 aromatic heterocycles. The van der Waals surface area contributed by atoms with E-state index in [1.807, 2.05) is 11.9 Å². The summed E-state index contributed by atoms with van der Waals surface area (Å²) < 4.78 is 26.2. The first-order chi connectivity index (χ1) is 9.32. The SMILES string of the molecule is CN1CCN(S(=O)(=O)c2ccc(Cl)c(C(=O)[O-])c2)CC1.[Li+]. The van der Waals surface area contributed by atoms with Gasteiger partial charge in [0.15, 0.2) is 0 Å². The summed E-state index contributed by atoms with van der Waals surface area (Å²) in [7, 11) is -1.78. The second-order valence-corrected chi connectivity index (χ2v) is 6.98. The largest absolute Gasteiger partial charge is 1.00 e. The maximum atomic E-state index is 12.4. The number of rotatable bonds is 3. The van der Waals surface area contributed by atoms with Crippen LogP contribution < -0.4 is 24.0 Å². The van der Waals surface area contributed by atoms with Gasteiger partial charge in [-0.15, -0.1) is 0 Å². The number of carboxylic acid groups (broad SMARTS) is 1. The van der Waals surface area contributed by atoms with E-state index < -0.39 is 16.0 Å². The first-order valence-corrected chi connectivity index (χ1v) is 7.84. The number of hydrogen-bond donors (Lipinski definition) is 0.